The van der Waals surface area contributed by atoms with Gasteiger partial charge in [-0.15, -0.1) is 0 Å². The van der Waals surface area contributed by atoms with E-state index >= 15 is 0 Å². The van der Waals surface area contributed by atoms with Crippen molar-refractivity contribution in [2.75, 3.05) is 6.61 Å². The maximum Gasteiger partial charge on any atom is 0.306 e. The first-order valence-electron chi connectivity index (χ1n) is 12.0. The van der Waals surface area contributed by atoms with Crippen LogP contribution >= 0.6 is 0 Å². The number of rotatable bonds is 20. The minimum Gasteiger partial charge on any atom is -0.455 e. The van der Waals surface area contributed by atoms with Crippen molar-refractivity contribution in [3.05, 3.63) is 12.2 Å². The molecule has 0 aliphatic rings. The minimum atomic E-state index is -1.26. The second kappa shape index (κ2) is 20.2. The molecule has 2 atom stereocenters. The smallest absolute Gasteiger partial charge is 0.306 e. The third-order valence-corrected chi connectivity index (χ3v) is 5.14. The molecular weight excluding hydrogens is 396 g/mol. The van der Waals surface area contributed by atoms with E-state index in [0.717, 1.165) is 39.0 Å². The van der Waals surface area contributed by atoms with Crippen LogP contribution in [0.1, 0.15) is 111 Å². The number of aliphatic hydroxyl groups excluding tert-OH is 1. The van der Waals surface area contributed by atoms with Crippen molar-refractivity contribution in [2.24, 2.45) is 0 Å². The lowest BCUT2D eigenvalue weighted by Crippen LogP contribution is -2.42. The summed E-state index contributed by atoms with van der Waals surface area (Å²) in [6, 6.07) is 0. The van der Waals surface area contributed by atoms with E-state index in [1.165, 1.54) is 51.9 Å². The van der Waals surface area contributed by atoms with Crippen LogP contribution in [0.4, 0.5) is 0 Å². The van der Waals surface area contributed by atoms with Gasteiger partial charge in [0.25, 0.3) is 0 Å². The van der Waals surface area contributed by atoms with E-state index in [2.05, 4.69) is 19.1 Å². The lowest BCUT2D eigenvalue weighted by atomic mass is 10.1. The number of allylic oxidation sites excluding steroid dienone is 2. The van der Waals surface area contributed by atoms with Gasteiger partial charge in [-0.2, -0.15) is 0 Å². The highest BCUT2D eigenvalue weighted by Gasteiger charge is 2.31. The Hall–Kier alpha value is -1.69. The van der Waals surface area contributed by atoms with Crippen molar-refractivity contribution in [1.29, 1.82) is 0 Å². The Bertz CT molecular complexity index is 514. The molecule has 1 N–H and O–H groups in total. The molecule has 0 saturated carbocycles. The van der Waals surface area contributed by atoms with E-state index in [0.29, 0.717) is 6.42 Å². The second-order valence-electron chi connectivity index (χ2n) is 8.19. The van der Waals surface area contributed by atoms with Crippen molar-refractivity contribution >= 4 is 17.7 Å². The molecule has 0 aromatic rings. The second-order valence-corrected chi connectivity index (χ2v) is 8.19. The fourth-order valence-corrected chi connectivity index (χ4v) is 3.36. The predicted octanol–water partition coefficient (Wildman–Crippen LogP) is 5.45. The van der Waals surface area contributed by atoms with Gasteiger partial charge >= 0.3 is 11.9 Å². The molecule has 0 aliphatic carbocycles. The summed E-state index contributed by atoms with van der Waals surface area (Å²) < 4.78 is 10.0. The number of unbranched alkanes of at least 4 members (excludes halogenated alkanes) is 11. The average Bonchev–Trinajstić information content (AvgIpc) is 2.73. The molecule has 0 spiro atoms. The topological polar surface area (TPSA) is 89.9 Å². The molecule has 0 heterocycles. The Balaban J connectivity index is 3.75. The van der Waals surface area contributed by atoms with E-state index in [1.54, 1.807) is 0 Å². The molecular formula is C25H44O6. The van der Waals surface area contributed by atoms with Gasteiger partial charge < -0.3 is 14.6 Å². The molecule has 31 heavy (non-hydrogen) atoms. The van der Waals surface area contributed by atoms with Crippen LogP contribution in [-0.2, 0) is 23.9 Å². The maximum absolute atomic E-state index is 12.0. The predicted molar refractivity (Wildman–Crippen MR) is 123 cm³/mol. The van der Waals surface area contributed by atoms with E-state index in [9.17, 15) is 19.5 Å². The van der Waals surface area contributed by atoms with Gasteiger partial charge in [-0.05, 0) is 39.0 Å². The van der Waals surface area contributed by atoms with E-state index in [4.69, 9.17) is 9.47 Å². The molecule has 0 aromatic heterocycles. The lowest BCUT2D eigenvalue weighted by molar-refractivity contribution is -0.173. The Kier molecular flexibility index (Phi) is 19.1. The number of carbonyl (C=O) groups is 3. The molecule has 180 valence electrons. The monoisotopic (exact) mass is 440 g/mol. The van der Waals surface area contributed by atoms with Gasteiger partial charge in [-0.3, -0.25) is 14.4 Å². The van der Waals surface area contributed by atoms with Gasteiger partial charge in [0.05, 0.1) is 6.61 Å². The minimum absolute atomic E-state index is 0.222. The Labute approximate surface area is 188 Å². The van der Waals surface area contributed by atoms with Crippen molar-refractivity contribution in [1.82, 2.24) is 0 Å². The fourth-order valence-electron chi connectivity index (χ4n) is 3.36. The summed E-state index contributed by atoms with van der Waals surface area (Å²) in [6.07, 6.45) is 17.7. The molecule has 0 aliphatic heterocycles. The highest BCUT2D eigenvalue weighted by Crippen LogP contribution is 2.12. The van der Waals surface area contributed by atoms with Crippen LogP contribution in [0.3, 0.4) is 0 Å². The fraction of sp³-hybridized carbons (Fsp3) is 0.800. The summed E-state index contributed by atoms with van der Waals surface area (Å²) in [5.41, 5.74) is 0. The van der Waals surface area contributed by atoms with Crippen molar-refractivity contribution in [3.63, 3.8) is 0 Å². The Morgan fingerprint density at radius 2 is 1.29 bits per heavy atom. The number of esters is 2. The van der Waals surface area contributed by atoms with Crippen LogP contribution in [0.5, 0.6) is 0 Å². The largest absolute Gasteiger partial charge is 0.455 e. The van der Waals surface area contributed by atoms with Gasteiger partial charge in [0.1, 0.15) is 0 Å². The van der Waals surface area contributed by atoms with E-state index in [1.807, 2.05) is 0 Å². The lowest BCUT2D eigenvalue weighted by Gasteiger charge is -2.23. The van der Waals surface area contributed by atoms with Crippen LogP contribution in [0.15, 0.2) is 12.2 Å². The first-order chi connectivity index (χ1) is 14.9. The van der Waals surface area contributed by atoms with Gasteiger partial charge in [0.2, 0.25) is 0 Å². The zero-order valence-electron chi connectivity index (χ0n) is 19.9. The maximum atomic E-state index is 12.0. The van der Waals surface area contributed by atoms with E-state index < -0.39 is 36.5 Å². The van der Waals surface area contributed by atoms with Crippen LogP contribution in [0.25, 0.3) is 0 Å². The molecule has 0 rings (SSSR count). The molecule has 0 aromatic carbocycles. The molecule has 6 heteroatoms. The molecule has 0 bridgehead atoms. The normalized spacial score (nSPS) is 13.2. The number of hydrogen-bond donors (Lipinski definition) is 1. The summed E-state index contributed by atoms with van der Waals surface area (Å²) in [5.74, 6) is -1.62. The van der Waals surface area contributed by atoms with Crippen LogP contribution in [0, 0.1) is 0 Å². The summed E-state index contributed by atoms with van der Waals surface area (Å²) in [5, 5.41) is 9.38. The molecule has 0 fully saturated rings. The first-order valence-corrected chi connectivity index (χ1v) is 12.0. The van der Waals surface area contributed by atoms with Crippen LogP contribution in [0.2, 0.25) is 0 Å². The van der Waals surface area contributed by atoms with Gasteiger partial charge in [0.15, 0.2) is 18.0 Å². The highest BCUT2D eigenvalue weighted by atomic mass is 16.6. The third-order valence-electron chi connectivity index (χ3n) is 5.14. The summed E-state index contributed by atoms with van der Waals surface area (Å²) in [7, 11) is 0. The highest BCUT2D eigenvalue weighted by molar-refractivity contribution is 5.84. The zero-order chi connectivity index (χ0) is 23.3. The van der Waals surface area contributed by atoms with Gasteiger partial charge in [0, 0.05) is 13.3 Å². The third kappa shape index (κ3) is 17.7. The summed E-state index contributed by atoms with van der Waals surface area (Å²) >= 11 is 0. The molecule has 6 nitrogen and oxygen atoms in total. The van der Waals surface area contributed by atoms with Gasteiger partial charge in [-0.1, -0.05) is 70.4 Å². The van der Waals surface area contributed by atoms with E-state index in [-0.39, 0.29) is 6.42 Å². The van der Waals surface area contributed by atoms with Crippen molar-refractivity contribution in [3.8, 4) is 0 Å². The molecule has 0 saturated heterocycles. The summed E-state index contributed by atoms with van der Waals surface area (Å²) in [6.45, 7) is 4.06. The number of carbonyl (C=O) groups excluding carboxylic acids is 3. The van der Waals surface area contributed by atoms with Gasteiger partial charge in [-0.25, -0.2) is 0 Å². The van der Waals surface area contributed by atoms with Crippen molar-refractivity contribution in [2.45, 2.75) is 123 Å². The average molecular weight is 441 g/mol. The number of ketones is 1. The number of hydrogen-bond acceptors (Lipinski definition) is 6. The first kappa shape index (κ1) is 29.3. The van der Waals surface area contributed by atoms with Crippen LogP contribution < -0.4 is 0 Å². The number of Topliss-reactive ketones (excluding diaryl/α,β-unsaturated/α-hetero) is 1. The molecule has 0 amide bonds. The number of aliphatic hydroxyl groups is 1. The SMILES string of the molecule is CCCCCCCCC=CCCCCCCCC(=O)OC(CO)C(OC(C)=O)C(C)=O. The Morgan fingerprint density at radius 1 is 0.774 bits per heavy atom. The van der Waals surface area contributed by atoms with Crippen molar-refractivity contribution < 1.29 is 29.0 Å². The molecule has 0 radical (unpaired) electrons. The van der Waals surface area contributed by atoms with Crippen LogP contribution in [-0.4, -0.2) is 41.6 Å². The molecule has 2 unspecified atom stereocenters. The summed E-state index contributed by atoms with van der Waals surface area (Å²) in [4.78, 5) is 34.6. The zero-order valence-corrected chi connectivity index (χ0v) is 19.9. The quantitative estimate of drug-likeness (QED) is 0.154. The number of ether oxygens (including phenoxy) is 2. The standard InChI is InChI=1S/C25H44O6/c1-4-5-6-7-8-9-10-11-12-13-14-15-16-17-18-19-24(29)31-23(20-26)25(21(2)27)30-22(3)28/h11-12,23,25-26H,4-10,13-20H2,1-3H3. The Morgan fingerprint density at radius 3 is 1.77 bits per heavy atom.